The molecule has 19 heavy (non-hydrogen) atoms. The van der Waals surface area contributed by atoms with Crippen LogP contribution in [0.1, 0.15) is 68.1 Å². The van der Waals surface area contributed by atoms with Crippen LogP contribution < -0.4 is 5.73 Å². The summed E-state index contributed by atoms with van der Waals surface area (Å²) in [6, 6.07) is 0.333. The molecule has 0 aliphatic heterocycles. The zero-order chi connectivity index (χ0) is 14.0. The Bertz CT molecular complexity index is 446. The van der Waals surface area contributed by atoms with Crippen LogP contribution in [0, 0.1) is 0 Å². The maximum Gasteiger partial charge on any atom is 0.276 e. The smallest absolute Gasteiger partial charge is 0.276 e. The Morgan fingerprint density at radius 1 is 1.37 bits per heavy atom. The highest BCUT2D eigenvalue weighted by Crippen LogP contribution is 2.26. The highest BCUT2D eigenvalue weighted by molar-refractivity contribution is 5.97. The largest absolute Gasteiger partial charge is 0.395 e. The minimum absolute atomic E-state index is 0.0625. The van der Waals surface area contributed by atoms with Crippen molar-refractivity contribution in [2.24, 2.45) is 0 Å². The summed E-state index contributed by atoms with van der Waals surface area (Å²) in [6.45, 7) is 4.06. The predicted molar refractivity (Wildman–Crippen MR) is 76.1 cm³/mol. The summed E-state index contributed by atoms with van der Waals surface area (Å²) in [5.41, 5.74) is 7.75. The Morgan fingerprint density at radius 2 is 2.00 bits per heavy atom. The highest BCUT2D eigenvalue weighted by Gasteiger charge is 2.27. The maximum atomic E-state index is 12.5. The Kier molecular flexibility index (Phi) is 4.12. The third kappa shape index (κ3) is 2.74. The van der Waals surface area contributed by atoms with Crippen molar-refractivity contribution in [1.29, 1.82) is 0 Å². The van der Waals surface area contributed by atoms with E-state index >= 15 is 0 Å². The van der Waals surface area contributed by atoms with E-state index in [2.05, 4.69) is 10.2 Å². The van der Waals surface area contributed by atoms with Gasteiger partial charge in [-0.15, -0.1) is 0 Å². The van der Waals surface area contributed by atoms with Gasteiger partial charge >= 0.3 is 0 Å². The fourth-order valence-electron chi connectivity index (χ4n) is 2.77. The number of hydrogen-bond acceptors (Lipinski definition) is 3. The van der Waals surface area contributed by atoms with E-state index in [-0.39, 0.29) is 11.8 Å². The average molecular weight is 264 g/mol. The molecule has 0 bridgehead atoms. The molecule has 1 saturated carbocycles. The molecule has 5 nitrogen and oxygen atoms in total. The third-order valence-electron chi connectivity index (χ3n) is 4.06. The molecule has 106 valence electrons. The van der Waals surface area contributed by atoms with Crippen molar-refractivity contribution in [2.45, 2.75) is 57.9 Å². The van der Waals surface area contributed by atoms with E-state index in [1.807, 2.05) is 25.8 Å². The molecular weight excluding hydrogens is 240 g/mol. The number of H-pyrrole nitrogens is 1. The molecule has 2 rings (SSSR count). The van der Waals surface area contributed by atoms with Gasteiger partial charge in [0.15, 0.2) is 5.69 Å². The molecule has 0 spiro atoms. The van der Waals surface area contributed by atoms with Crippen LogP contribution >= 0.6 is 0 Å². The minimum Gasteiger partial charge on any atom is -0.395 e. The number of nitrogens with two attached hydrogens (primary N) is 1. The topological polar surface area (TPSA) is 75.0 Å². The number of nitrogens with zero attached hydrogens (tertiary/aromatic N) is 2. The molecule has 0 atom stereocenters. The van der Waals surface area contributed by atoms with E-state index in [0.717, 1.165) is 18.5 Å². The first kappa shape index (κ1) is 13.9. The van der Waals surface area contributed by atoms with Gasteiger partial charge in [0.05, 0.1) is 11.4 Å². The van der Waals surface area contributed by atoms with Gasteiger partial charge in [0, 0.05) is 13.1 Å². The third-order valence-corrected chi connectivity index (χ3v) is 4.06. The van der Waals surface area contributed by atoms with Gasteiger partial charge in [-0.05, 0) is 18.8 Å². The van der Waals surface area contributed by atoms with Gasteiger partial charge in [-0.25, -0.2) is 0 Å². The van der Waals surface area contributed by atoms with Crippen LogP contribution in [-0.2, 0) is 0 Å². The fraction of sp³-hybridized carbons (Fsp3) is 0.714. The van der Waals surface area contributed by atoms with E-state index in [1.165, 1.54) is 19.3 Å². The zero-order valence-corrected chi connectivity index (χ0v) is 12.1. The van der Waals surface area contributed by atoms with E-state index in [0.29, 0.717) is 17.4 Å². The Hall–Kier alpha value is -1.52. The number of rotatable bonds is 3. The summed E-state index contributed by atoms with van der Waals surface area (Å²) in [5.74, 6) is 0.182. The van der Waals surface area contributed by atoms with Gasteiger partial charge in [-0.3, -0.25) is 9.89 Å². The summed E-state index contributed by atoms with van der Waals surface area (Å²) in [6.07, 6.45) is 5.86. The second kappa shape index (κ2) is 5.63. The van der Waals surface area contributed by atoms with Crippen molar-refractivity contribution in [3.63, 3.8) is 0 Å². The lowest BCUT2D eigenvalue weighted by Gasteiger charge is -2.30. The molecule has 1 aromatic rings. The van der Waals surface area contributed by atoms with Crippen LogP contribution in [-0.4, -0.2) is 34.1 Å². The van der Waals surface area contributed by atoms with E-state index in [1.54, 1.807) is 0 Å². The van der Waals surface area contributed by atoms with Gasteiger partial charge in [-0.2, -0.15) is 5.10 Å². The molecule has 0 saturated heterocycles. The Labute approximate surface area is 114 Å². The standard InChI is InChI=1S/C14H24N4O/c1-9(2)12-11(15)13(17-16-12)14(19)18(3)10-7-5-4-6-8-10/h9-10H,4-8,15H2,1-3H3,(H,16,17). The first-order valence-corrected chi connectivity index (χ1v) is 7.13. The minimum atomic E-state index is -0.0625. The van der Waals surface area contributed by atoms with Crippen LogP contribution in [0.25, 0.3) is 0 Å². The molecule has 1 aliphatic carbocycles. The summed E-state index contributed by atoms with van der Waals surface area (Å²) < 4.78 is 0. The number of nitrogens with one attached hydrogen (secondary N) is 1. The predicted octanol–water partition coefficient (Wildman–Crippen LogP) is 2.52. The van der Waals surface area contributed by atoms with Crippen molar-refractivity contribution in [1.82, 2.24) is 15.1 Å². The van der Waals surface area contributed by atoms with Crippen LogP contribution in [0.3, 0.4) is 0 Å². The quantitative estimate of drug-likeness (QED) is 0.880. The van der Waals surface area contributed by atoms with E-state index < -0.39 is 0 Å². The molecule has 0 unspecified atom stereocenters. The summed E-state index contributed by atoms with van der Waals surface area (Å²) >= 11 is 0. The molecule has 1 aliphatic rings. The Morgan fingerprint density at radius 3 is 2.53 bits per heavy atom. The van der Waals surface area contributed by atoms with Crippen LogP contribution in [0.2, 0.25) is 0 Å². The number of aromatic amines is 1. The first-order valence-electron chi connectivity index (χ1n) is 7.13. The number of hydrogen-bond donors (Lipinski definition) is 2. The van der Waals surface area contributed by atoms with Gasteiger partial charge in [0.1, 0.15) is 0 Å². The lowest BCUT2D eigenvalue weighted by atomic mass is 9.94. The highest BCUT2D eigenvalue weighted by atomic mass is 16.2. The molecule has 0 radical (unpaired) electrons. The molecule has 3 N–H and O–H groups in total. The van der Waals surface area contributed by atoms with Gasteiger partial charge in [0.2, 0.25) is 0 Å². The lowest BCUT2D eigenvalue weighted by molar-refractivity contribution is 0.0691. The number of carbonyl (C=O) groups is 1. The molecule has 0 aromatic carbocycles. The molecular formula is C14H24N4O. The maximum absolute atomic E-state index is 12.5. The monoisotopic (exact) mass is 264 g/mol. The molecule has 1 heterocycles. The number of carbonyl (C=O) groups excluding carboxylic acids is 1. The second-order valence-electron chi connectivity index (χ2n) is 5.76. The Balaban J connectivity index is 2.14. The van der Waals surface area contributed by atoms with Crippen molar-refractivity contribution in [3.8, 4) is 0 Å². The lowest BCUT2D eigenvalue weighted by Crippen LogP contribution is -2.38. The van der Waals surface area contributed by atoms with Crippen LogP contribution in [0.15, 0.2) is 0 Å². The van der Waals surface area contributed by atoms with Gasteiger partial charge in [-0.1, -0.05) is 33.1 Å². The zero-order valence-electron chi connectivity index (χ0n) is 12.1. The molecule has 1 fully saturated rings. The summed E-state index contributed by atoms with van der Waals surface area (Å²) in [5, 5.41) is 7.00. The van der Waals surface area contributed by atoms with Crippen molar-refractivity contribution in [2.75, 3.05) is 12.8 Å². The SMILES string of the molecule is CC(C)c1[nH]nc(C(=O)N(C)C2CCCCC2)c1N. The number of nitrogen functional groups attached to an aromatic ring is 1. The second-order valence-corrected chi connectivity index (χ2v) is 5.76. The van der Waals surface area contributed by atoms with E-state index in [9.17, 15) is 4.79 Å². The number of aromatic nitrogens is 2. The fourth-order valence-corrected chi connectivity index (χ4v) is 2.77. The van der Waals surface area contributed by atoms with Crippen molar-refractivity contribution in [3.05, 3.63) is 11.4 Å². The summed E-state index contributed by atoms with van der Waals surface area (Å²) in [7, 11) is 1.86. The number of amides is 1. The van der Waals surface area contributed by atoms with E-state index in [4.69, 9.17) is 5.73 Å². The van der Waals surface area contributed by atoms with Crippen LogP contribution in [0.4, 0.5) is 5.69 Å². The molecule has 1 aromatic heterocycles. The van der Waals surface area contributed by atoms with Crippen LogP contribution in [0.5, 0.6) is 0 Å². The number of anilines is 1. The van der Waals surface area contributed by atoms with Gasteiger partial charge < -0.3 is 10.6 Å². The average Bonchev–Trinajstić information content (AvgIpc) is 2.80. The van der Waals surface area contributed by atoms with Crippen molar-refractivity contribution < 1.29 is 4.79 Å². The van der Waals surface area contributed by atoms with Crippen molar-refractivity contribution >= 4 is 11.6 Å². The molecule has 1 amide bonds. The van der Waals surface area contributed by atoms with Gasteiger partial charge in [0.25, 0.3) is 5.91 Å². The summed E-state index contributed by atoms with van der Waals surface area (Å²) in [4.78, 5) is 14.3. The molecule has 5 heteroatoms. The normalized spacial score (nSPS) is 16.8. The first-order chi connectivity index (χ1) is 9.02.